The third-order valence-corrected chi connectivity index (χ3v) is 4.11. The van der Waals surface area contributed by atoms with Gasteiger partial charge in [0.2, 0.25) is 0 Å². The summed E-state index contributed by atoms with van der Waals surface area (Å²) in [4.78, 5) is 38.3. The van der Waals surface area contributed by atoms with Crippen LogP contribution < -0.4 is 10.2 Å². The van der Waals surface area contributed by atoms with Gasteiger partial charge in [-0.05, 0) is 36.8 Å². The first-order valence-corrected chi connectivity index (χ1v) is 7.98. The number of fused-ring (bicyclic) bond motifs is 1. The van der Waals surface area contributed by atoms with Crippen LogP contribution in [0.4, 0.5) is 5.69 Å². The van der Waals surface area contributed by atoms with E-state index in [9.17, 15) is 14.4 Å². The monoisotopic (exact) mass is 342 g/mol. The molecular formula is C18H15ClN2O3. The summed E-state index contributed by atoms with van der Waals surface area (Å²) in [6.07, 6.45) is 0.793. The van der Waals surface area contributed by atoms with Gasteiger partial charge in [0.05, 0.1) is 27.4 Å². The average Bonchev–Trinajstić information content (AvgIpc) is 2.85. The topological polar surface area (TPSA) is 66.5 Å². The molecule has 0 aliphatic carbocycles. The van der Waals surface area contributed by atoms with Crippen LogP contribution in [0.2, 0.25) is 5.02 Å². The van der Waals surface area contributed by atoms with Gasteiger partial charge in [-0.25, -0.2) is 4.90 Å². The molecule has 6 heteroatoms. The molecule has 2 aromatic rings. The molecule has 0 radical (unpaired) electrons. The van der Waals surface area contributed by atoms with Gasteiger partial charge in [-0.1, -0.05) is 30.7 Å². The Morgan fingerprint density at radius 3 is 2.29 bits per heavy atom. The lowest BCUT2D eigenvalue weighted by Crippen LogP contribution is -2.30. The number of hydrogen-bond donors (Lipinski definition) is 1. The quantitative estimate of drug-likeness (QED) is 0.867. The number of benzene rings is 2. The van der Waals surface area contributed by atoms with E-state index in [1.165, 1.54) is 12.1 Å². The summed E-state index contributed by atoms with van der Waals surface area (Å²) in [6, 6.07) is 11.2. The largest absolute Gasteiger partial charge is 0.352 e. The number of imide groups is 1. The summed E-state index contributed by atoms with van der Waals surface area (Å²) in [7, 11) is 0. The van der Waals surface area contributed by atoms with E-state index in [2.05, 4.69) is 5.32 Å². The highest BCUT2D eigenvalue weighted by atomic mass is 35.5. The van der Waals surface area contributed by atoms with Gasteiger partial charge in [0.15, 0.2) is 0 Å². The van der Waals surface area contributed by atoms with E-state index < -0.39 is 11.8 Å². The van der Waals surface area contributed by atoms with Gasteiger partial charge >= 0.3 is 0 Å². The standard InChI is InChI=1S/C18H15ClN2O3/c1-2-9-20-16(22)14-10-11(7-8-15(14)19)21-17(23)12-5-3-4-6-13(12)18(21)24/h3-8,10H,2,9H2,1H3,(H,20,22). The molecule has 0 unspecified atom stereocenters. The minimum atomic E-state index is -0.405. The Bertz CT molecular complexity index is 813. The molecular weight excluding hydrogens is 328 g/mol. The lowest BCUT2D eigenvalue weighted by Gasteiger charge is -2.15. The van der Waals surface area contributed by atoms with E-state index in [4.69, 9.17) is 11.6 Å². The highest BCUT2D eigenvalue weighted by molar-refractivity contribution is 6.36. The molecule has 0 saturated carbocycles. The van der Waals surface area contributed by atoms with E-state index in [1.807, 2.05) is 6.92 Å². The zero-order chi connectivity index (χ0) is 17.3. The molecule has 1 heterocycles. The number of halogens is 1. The van der Waals surface area contributed by atoms with Crippen molar-refractivity contribution in [1.29, 1.82) is 0 Å². The SMILES string of the molecule is CCCNC(=O)c1cc(N2C(=O)c3ccccc3C2=O)ccc1Cl. The summed E-state index contributed by atoms with van der Waals surface area (Å²) < 4.78 is 0. The molecule has 0 saturated heterocycles. The number of carbonyl (C=O) groups excluding carboxylic acids is 3. The molecule has 1 aliphatic rings. The van der Waals surface area contributed by atoms with E-state index in [1.54, 1.807) is 30.3 Å². The molecule has 3 amide bonds. The Kier molecular flexibility index (Phi) is 4.36. The smallest absolute Gasteiger partial charge is 0.266 e. The molecule has 3 rings (SSSR count). The second-order valence-electron chi connectivity index (χ2n) is 5.41. The van der Waals surface area contributed by atoms with Crippen LogP contribution in [0.1, 0.15) is 44.4 Å². The number of nitrogens with zero attached hydrogens (tertiary/aromatic N) is 1. The number of carbonyl (C=O) groups is 3. The van der Waals surface area contributed by atoms with Crippen LogP contribution in [0.25, 0.3) is 0 Å². The lowest BCUT2D eigenvalue weighted by molar-refractivity contribution is 0.0919. The highest BCUT2D eigenvalue weighted by Gasteiger charge is 2.36. The van der Waals surface area contributed by atoms with E-state index >= 15 is 0 Å². The summed E-state index contributed by atoms with van der Waals surface area (Å²) in [6.45, 7) is 2.46. The maximum absolute atomic E-state index is 12.5. The van der Waals surface area contributed by atoms with Crippen molar-refractivity contribution in [3.63, 3.8) is 0 Å². The molecule has 1 aliphatic heterocycles. The van der Waals surface area contributed by atoms with Crippen LogP contribution in [0.3, 0.4) is 0 Å². The van der Waals surface area contributed by atoms with Gasteiger partial charge in [-0.15, -0.1) is 0 Å². The molecule has 5 nitrogen and oxygen atoms in total. The summed E-state index contributed by atoms with van der Waals surface area (Å²) in [5.74, 6) is -1.14. The minimum Gasteiger partial charge on any atom is -0.352 e. The maximum Gasteiger partial charge on any atom is 0.266 e. The van der Waals surface area contributed by atoms with Crippen LogP contribution in [-0.2, 0) is 0 Å². The van der Waals surface area contributed by atoms with Crippen molar-refractivity contribution in [2.75, 3.05) is 11.4 Å². The number of amides is 3. The van der Waals surface area contributed by atoms with Crippen molar-refractivity contribution in [2.45, 2.75) is 13.3 Å². The van der Waals surface area contributed by atoms with Gasteiger partial charge < -0.3 is 5.32 Å². The van der Waals surface area contributed by atoms with Crippen LogP contribution in [0.5, 0.6) is 0 Å². The Balaban J connectivity index is 1.98. The lowest BCUT2D eigenvalue weighted by atomic mass is 10.1. The highest BCUT2D eigenvalue weighted by Crippen LogP contribution is 2.30. The maximum atomic E-state index is 12.5. The van der Waals surface area contributed by atoms with Crippen LogP contribution in [0.15, 0.2) is 42.5 Å². The number of nitrogens with one attached hydrogen (secondary N) is 1. The van der Waals surface area contributed by atoms with E-state index in [0.717, 1.165) is 11.3 Å². The second-order valence-corrected chi connectivity index (χ2v) is 5.82. The van der Waals surface area contributed by atoms with Crippen LogP contribution >= 0.6 is 11.6 Å². The molecule has 0 aromatic heterocycles. The van der Waals surface area contributed by atoms with Gasteiger partial charge in [0.1, 0.15) is 0 Å². The van der Waals surface area contributed by atoms with Crippen molar-refractivity contribution in [3.8, 4) is 0 Å². The van der Waals surface area contributed by atoms with Crippen molar-refractivity contribution in [1.82, 2.24) is 5.32 Å². The minimum absolute atomic E-state index is 0.235. The average molecular weight is 343 g/mol. The Hall–Kier alpha value is -2.66. The molecule has 0 spiro atoms. The number of rotatable bonds is 4. The summed E-state index contributed by atoms with van der Waals surface area (Å²) in [5.41, 5.74) is 1.27. The van der Waals surface area contributed by atoms with Crippen molar-refractivity contribution >= 4 is 35.0 Å². The fraction of sp³-hybridized carbons (Fsp3) is 0.167. The molecule has 0 bridgehead atoms. The first-order valence-electron chi connectivity index (χ1n) is 7.60. The molecule has 0 atom stereocenters. The van der Waals surface area contributed by atoms with Gasteiger partial charge in [0, 0.05) is 6.54 Å². The van der Waals surface area contributed by atoms with Crippen LogP contribution in [0, 0.1) is 0 Å². The summed E-state index contributed by atoms with van der Waals surface area (Å²) >= 11 is 6.09. The molecule has 1 N–H and O–H groups in total. The second kappa shape index (κ2) is 6.45. The fourth-order valence-corrected chi connectivity index (χ4v) is 2.79. The predicted octanol–water partition coefficient (Wildman–Crippen LogP) is 3.28. The van der Waals surface area contributed by atoms with Gasteiger partial charge in [-0.2, -0.15) is 0 Å². The first kappa shape index (κ1) is 16.2. The zero-order valence-corrected chi connectivity index (χ0v) is 13.8. The van der Waals surface area contributed by atoms with E-state index in [-0.39, 0.29) is 16.5 Å². The van der Waals surface area contributed by atoms with Crippen LogP contribution in [-0.4, -0.2) is 24.3 Å². The number of anilines is 1. The van der Waals surface area contributed by atoms with Gasteiger partial charge in [0.25, 0.3) is 17.7 Å². The first-order chi connectivity index (χ1) is 11.5. The van der Waals surface area contributed by atoms with Crippen molar-refractivity contribution in [2.24, 2.45) is 0 Å². The van der Waals surface area contributed by atoms with Gasteiger partial charge in [-0.3, -0.25) is 14.4 Å². The predicted molar refractivity (Wildman–Crippen MR) is 91.7 cm³/mol. The van der Waals surface area contributed by atoms with Crippen molar-refractivity contribution in [3.05, 3.63) is 64.2 Å². The Morgan fingerprint density at radius 1 is 1.08 bits per heavy atom. The third kappa shape index (κ3) is 2.67. The normalized spacial score (nSPS) is 13.2. The fourth-order valence-electron chi connectivity index (χ4n) is 2.58. The third-order valence-electron chi connectivity index (χ3n) is 3.78. The Morgan fingerprint density at radius 2 is 1.71 bits per heavy atom. The Labute approximate surface area is 144 Å². The summed E-state index contributed by atoms with van der Waals surface area (Å²) in [5, 5.41) is 3.00. The van der Waals surface area contributed by atoms with E-state index in [0.29, 0.717) is 23.4 Å². The molecule has 2 aromatic carbocycles. The van der Waals surface area contributed by atoms with Crippen molar-refractivity contribution < 1.29 is 14.4 Å². The zero-order valence-electron chi connectivity index (χ0n) is 13.0. The molecule has 0 fully saturated rings. The molecule has 24 heavy (non-hydrogen) atoms. The number of hydrogen-bond acceptors (Lipinski definition) is 3. The molecule has 122 valence electrons.